The smallest absolute Gasteiger partial charge is 0.471 e. The lowest BCUT2D eigenvalue weighted by atomic mass is 9.92. The third kappa shape index (κ3) is 2.92. The van der Waals surface area contributed by atoms with Gasteiger partial charge in [-0.05, 0) is 17.5 Å². The van der Waals surface area contributed by atoms with E-state index in [9.17, 15) is 22.8 Å². The molecule has 0 aromatic heterocycles. The second-order valence-electron chi connectivity index (χ2n) is 4.66. The molecule has 1 atom stereocenters. The van der Waals surface area contributed by atoms with Crippen LogP contribution in [0.2, 0.25) is 0 Å². The number of hydrogen-bond acceptors (Lipinski definition) is 2. The number of amides is 1. The molecule has 0 saturated carbocycles. The third-order valence-electron chi connectivity index (χ3n) is 3.27. The first-order valence-electron chi connectivity index (χ1n) is 5.95. The Labute approximate surface area is 112 Å². The van der Waals surface area contributed by atoms with Gasteiger partial charge < -0.3 is 10.0 Å². The monoisotopic (exact) mass is 287 g/mol. The van der Waals surface area contributed by atoms with Gasteiger partial charge in [0.1, 0.15) is 0 Å². The van der Waals surface area contributed by atoms with E-state index in [-0.39, 0.29) is 13.0 Å². The van der Waals surface area contributed by atoms with Crippen LogP contribution in [0.3, 0.4) is 0 Å². The molecule has 2 rings (SSSR count). The van der Waals surface area contributed by atoms with Crippen LogP contribution in [0.4, 0.5) is 13.2 Å². The Balaban J connectivity index is 2.32. The van der Waals surface area contributed by atoms with E-state index in [1.165, 1.54) is 0 Å². The van der Waals surface area contributed by atoms with Crippen molar-refractivity contribution in [2.24, 2.45) is 0 Å². The molecule has 1 aromatic rings. The van der Waals surface area contributed by atoms with E-state index in [2.05, 4.69) is 0 Å². The highest BCUT2D eigenvalue weighted by Gasteiger charge is 2.46. The maximum absolute atomic E-state index is 12.6. The number of fused-ring (bicyclic) bond motifs is 1. The molecule has 0 saturated heterocycles. The van der Waals surface area contributed by atoms with Crippen molar-refractivity contribution in [1.29, 1.82) is 0 Å². The summed E-state index contributed by atoms with van der Waals surface area (Å²) in [5, 5.41) is 8.80. The average molecular weight is 287 g/mol. The lowest BCUT2D eigenvalue weighted by Gasteiger charge is -2.36. The molecule has 0 bridgehead atoms. The van der Waals surface area contributed by atoms with Crippen molar-refractivity contribution in [3.8, 4) is 0 Å². The number of benzene rings is 1. The number of rotatable bonds is 2. The average Bonchev–Trinajstić information content (AvgIpc) is 2.35. The van der Waals surface area contributed by atoms with Gasteiger partial charge in [0.05, 0.1) is 6.42 Å². The van der Waals surface area contributed by atoms with Gasteiger partial charge in [-0.15, -0.1) is 0 Å². The molecule has 1 unspecified atom stereocenters. The largest absolute Gasteiger partial charge is 0.481 e. The highest BCUT2D eigenvalue weighted by molar-refractivity contribution is 5.83. The number of aliphatic carboxylic acids is 1. The minimum atomic E-state index is -5.00. The van der Waals surface area contributed by atoms with Crippen molar-refractivity contribution in [1.82, 2.24) is 4.90 Å². The molecule has 108 valence electrons. The van der Waals surface area contributed by atoms with Crippen molar-refractivity contribution in [2.75, 3.05) is 0 Å². The fourth-order valence-electron chi connectivity index (χ4n) is 2.37. The number of hydrogen-bond donors (Lipinski definition) is 1. The molecule has 1 aliphatic heterocycles. The topological polar surface area (TPSA) is 57.6 Å². The van der Waals surface area contributed by atoms with E-state index in [1.54, 1.807) is 24.3 Å². The van der Waals surface area contributed by atoms with Gasteiger partial charge in [0, 0.05) is 12.6 Å². The number of carbonyl (C=O) groups is 2. The van der Waals surface area contributed by atoms with Crippen LogP contribution in [-0.4, -0.2) is 34.1 Å². The highest BCUT2D eigenvalue weighted by atomic mass is 19.4. The zero-order valence-electron chi connectivity index (χ0n) is 10.4. The minimum Gasteiger partial charge on any atom is -0.481 e. The summed E-state index contributed by atoms with van der Waals surface area (Å²) in [6.07, 6.45) is -5.39. The van der Waals surface area contributed by atoms with Crippen LogP contribution in [0, 0.1) is 0 Å². The first-order chi connectivity index (χ1) is 9.29. The molecule has 0 spiro atoms. The van der Waals surface area contributed by atoms with Crippen LogP contribution in [-0.2, 0) is 22.6 Å². The molecule has 1 N–H and O–H groups in total. The second kappa shape index (κ2) is 5.15. The quantitative estimate of drug-likeness (QED) is 0.904. The standard InChI is InChI=1S/C13H12F3NO3/c14-13(15,16)12(20)17-7-9-4-2-1-3-8(9)5-10(17)6-11(18)19/h1-4,10H,5-7H2,(H,18,19). The number of carboxylic acid groups (broad SMARTS) is 1. The normalized spacial score (nSPS) is 18.6. The van der Waals surface area contributed by atoms with Crippen LogP contribution in [0.25, 0.3) is 0 Å². The first-order valence-corrected chi connectivity index (χ1v) is 5.95. The lowest BCUT2D eigenvalue weighted by Crippen LogP contribution is -2.50. The van der Waals surface area contributed by atoms with E-state index >= 15 is 0 Å². The Morgan fingerprint density at radius 3 is 2.40 bits per heavy atom. The van der Waals surface area contributed by atoms with Crippen molar-refractivity contribution >= 4 is 11.9 Å². The summed E-state index contributed by atoms with van der Waals surface area (Å²) in [6.45, 7) is -0.216. The van der Waals surface area contributed by atoms with Gasteiger partial charge in [0.15, 0.2) is 0 Å². The zero-order chi connectivity index (χ0) is 14.9. The van der Waals surface area contributed by atoms with Gasteiger partial charge >= 0.3 is 18.1 Å². The molecule has 1 aliphatic rings. The van der Waals surface area contributed by atoms with Crippen LogP contribution in [0.5, 0.6) is 0 Å². The Morgan fingerprint density at radius 2 is 1.85 bits per heavy atom. The number of alkyl halides is 3. The second-order valence-corrected chi connectivity index (χ2v) is 4.66. The van der Waals surface area contributed by atoms with Crippen molar-refractivity contribution < 1.29 is 27.9 Å². The molecule has 20 heavy (non-hydrogen) atoms. The van der Waals surface area contributed by atoms with Gasteiger partial charge in [-0.1, -0.05) is 24.3 Å². The molecule has 1 amide bonds. The SMILES string of the molecule is O=C(O)CC1Cc2ccccc2CN1C(=O)C(F)(F)F. The fourth-order valence-corrected chi connectivity index (χ4v) is 2.37. The van der Waals surface area contributed by atoms with Crippen LogP contribution in [0.15, 0.2) is 24.3 Å². The molecule has 0 fully saturated rings. The lowest BCUT2D eigenvalue weighted by molar-refractivity contribution is -0.189. The predicted octanol–water partition coefficient (Wildman–Crippen LogP) is 1.98. The molecule has 1 aromatic carbocycles. The van der Waals surface area contributed by atoms with Crippen molar-refractivity contribution in [2.45, 2.75) is 31.6 Å². The maximum atomic E-state index is 12.6. The molecular formula is C13H12F3NO3. The summed E-state index contributed by atoms with van der Waals surface area (Å²) in [5.41, 5.74) is 1.40. The number of carbonyl (C=O) groups excluding carboxylic acids is 1. The minimum absolute atomic E-state index is 0.115. The molecule has 7 heteroatoms. The van der Waals surface area contributed by atoms with E-state index in [4.69, 9.17) is 5.11 Å². The van der Waals surface area contributed by atoms with E-state index in [1.807, 2.05) is 0 Å². The van der Waals surface area contributed by atoms with Gasteiger partial charge in [-0.2, -0.15) is 13.2 Å². The summed E-state index contributed by atoms with van der Waals surface area (Å²) >= 11 is 0. The molecule has 1 heterocycles. The summed E-state index contributed by atoms with van der Waals surface area (Å²) in [4.78, 5) is 22.8. The molecule has 4 nitrogen and oxygen atoms in total. The molecular weight excluding hydrogens is 275 g/mol. The predicted molar refractivity (Wildman–Crippen MR) is 62.8 cm³/mol. The van der Waals surface area contributed by atoms with Gasteiger partial charge in [0.2, 0.25) is 0 Å². The number of nitrogens with zero attached hydrogens (tertiary/aromatic N) is 1. The highest BCUT2D eigenvalue weighted by Crippen LogP contribution is 2.29. The van der Waals surface area contributed by atoms with Crippen LogP contribution in [0.1, 0.15) is 17.5 Å². The number of carboxylic acids is 1. The Bertz CT molecular complexity index is 542. The fraction of sp³-hybridized carbons (Fsp3) is 0.385. The Hall–Kier alpha value is -2.05. The van der Waals surface area contributed by atoms with E-state index in [0.717, 1.165) is 5.56 Å². The van der Waals surface area contributed by atoms with Crippen LogP contribution >= 0.6 is 0 Å². The Kier molecular flexibility index (Phi) is 3.69. The van der Waals surface area contributed by atoms with Crippen molar-refractivity contribution in [3.63, 3.8) is 0 Å². The maximum Gasteiger partial charge on any atom is 0.471 e. The Morgan fingerprint density at radius 1 is 1.25 bits per heavy atom. The summed E-state index contributed by atoms with van der Waals surface area (Å²) in [7, 11) is 0. The number of halogens is 3. The first kappa shape index (κ1) is 14.4. The molecule has 0 aliphatic carbocycles. The van der Waals surface area contributed by atoms with Gasteiger partial charge in [-0.3, -0.25) is 9.59 Å². The zero-order valence-corrected chi connectivity index (χ0v) is 10.4. The van der Waals surface area contributed by atoms with E-state index in [0.29, 0.717) is 10.5 Å². The summed E-state index contributed by atoms with van der Waals surface area (Å²) < 4.78 is 37.7. The van der Waals surface area contributed by atoms with Gasteiger partial charge in [-0.25, -0.2) is 0 Å². The third-order valence-corrected chi connectivity index (χ3v) is 3.27. The van der Waals surface area contributed by atoms with Crippen LogP contribution < -0.4 is 0 Å². The van der Waals surface area contributed by atoms with Crippen molar-refractivity contribution in [3.05, 3.63) is 35.4 Å². The molecule has 0 radical (unpaired) electrons. The summed E-state index contributed by atoms with van der Waals surface area (Å²) in [6, 6.07) is 5.81. The van der Waals surface area contributed by atoms with E-state index < -0.39 is 30.5 Å². The van der Waals surface area contributed by atoms with Gasteiger partial charge in [0.25, 0.3) is 0 Å². The summed E-state index contributed by atoms with van der Waals surface area (Å²) in [5.74, 6) is -3.22.